The molecule has 2 aromatic rings. The summed E-state index contributed by atoms with van der Waals surface area (Å²) in [5.74, 6) is 4.73. The Balaban J connectivity index is 2.04. The maximum atomic E-state index is 5.55. The topological polar surface area (TPSA) is 47.3 Å². The molecular formula is C16H17BrN2O2. The largest absolute Gasteiger partial charge is 0.481 e. The minimum absolute atomic E-state index is 0.0122. The predicted molar refractivity (Wildman–Crippen MR) is 85.0 cm³/mol. The lowest BCUT2D eigenvalue weighted by Crippen LogP contribution is -2.19. The van der Waals surface area contributed by atoms with Crippen LogP contribution in [0.25, 0.3) is 0 Å². The molecule has 0 bridgehead atoms. The number of aryl methyl sites for hydroxylation is 1. The molecule has 0 aliphatic rings. The summed E-state index contributed by atoms with van der Waals surface area (Å²) in [5.41, 5.74) is 1.02. The van der Waals surface area contributed by atoms with Gasteiger partial charge in [0.25, 0.3) is 0 Å². The maximum Gasteiger partial charge on any atom is 0.211 e. The number of hydrogen-bond donors (Lipinski definition) is 1. The zero-order valence-electron chi connectivity index (χ0n) is 12.0. The molecule has 1 aromatic carbocycles. The number of benzene rings is 1. The van der Waals surface area contributed by atoms with Crippen molar-refractivity contribution in [3.63, 3.8) is 0 Å². The molecule has 1 unspecified atom stereocenters. The number of nitrogens with one attached hydrogen (secondary N) is 1. The fourth-order valence-corrected chi connectivity index (χ4v) is 2.28. The Morgan fingerprint density at radius 3 is 3.00 bits per heavy atom. The molecule has 0 aliphatic carbocycles. The first kappa shape index (κ1) is 15.6. The van der Waals surface area contributed by atoms with Gasteiger partial charge in [0.05, 0.1) is 12.2 Å². The van der Waals surface area contributed by atoms with E-state index in [4.69, 9.17) is 15.6 Å². The van der Waals surface area contributed by atoms with Crippen LogP contribution in [0.15, 0.2) is 33.3 Å². The molecule has 5 heteroatoms. The quantitative estimate of drug-likeness (QED) is 0.810. The summed E-state index contributed by atoms with van der Waals surface area (Å²) >= 11 is 3.47. The highest BCUT2D eigenvalue weighted by Crippen LogP contribution is 2.24. The molecule has 4 nitrogen and oxygen atoms in total. The molecular weight excluding hydrogens is 332 g/mol. The monoisotopic (exact) mass is 348 g/mol. The Morgan fingerprint density at radius 2 is 2.33 bits per heavy atom. The molecule has 1 atom stereocenters. The zero-order chi connectivity index (χ0) is 15.2. The molecule has 2 rings (SSSR count). The van der Waals surface area contributed by atoms with Gasteiger partial charge in [0.2, 0.25) is 5.89 Å². The number of terminal acetylenes is 1. The third-order valence-corrected chi connectivity index (χ3v) is 3.44. The fourth-order valence-electron chi connectivity index (χ4n) is 1.87. The molecule has 0 saturated carbocycles. The van der Waals surface area contributed by atoms with E-state index in [1.54, 1.807) is 6.20 Å². The van der Waals surface area contributed by atoms with Crippen molar-refractivity contribution in [2.45, 2.75) is 26.4 Å². The summed E-state index contributed by atoms with van der Waals surface area (Å²) in [6, 6.07) is 5.85. The number of ether oxygens (including phenoxy) is 1. The van der Waals surface area contributed by atoms with Crippen LogP contribution >= 0.6 is 15.9 Å². The van der Waals surface area contributed by atoms with Crippen LogP contribution in [0.1, 0.15) is 30.2 Å². The van der Waals surface area contributed by atoms with Crippen LogP contribution in [0.2, 0.25) is 0 Å². The summed E-state index contributed by atoms with van der Waals surface area (Å²) < 4.78 is 12.1. The van der Waals surface area contributed by atoms with Crippen LogP contribution in [-0.4, -0.2) is 11.6 Å². The van der Waals surface area contributed by atoms with Gasteiger partial charge in [-0.15, -0.1) is 6.42 Å². The SMILES string of the molecule is C#CCOc1ccc(Br)cc1CNC(C)c1ncc(C)o1. The van der Waals surface area contributed by atoms with Gasteiger partial charge in [-0.25, -0.2) is 4.98 Å². The minimum atomic E-state index is 0.0122. The first-order valence-electron chi connectivity index (χ1n) is 6.60. The Morgan fingerprint density at radius 1 is 1.52 bits per heavy atom. The van der Waals surface area contributed by atoms with Crippen LogP contribution in [-0.2, 0) is 6.54 Å². The second-order valence-corrected chi connectivity index (χ2v) is 5.57. The van der Waals surface area contributed by atoms with Crippen LogP contribution in [0.3, 0.4) is 0 Å². The highest BCUT2D eigenvalue weighted by Gasteiger charge is 2.12. The van der Waals surface area contributed by atoms with Crippen LogP contribution in [0.5, 0.6) is 5.75 Å². The molecule has 21 heavy (non-hydrogen) atoms. The maximum absolute atomic E-state index is 5.55. The van der Waals surface area contributed by atoms with Gasteiger partial charge in [-0.2, -0.15) is 0 Å². The summed E-state index contributed by atoms with van der Waals surface area (Å²) in [7, 11) is 0. The van der Waals surface area contributed by atoms with Gasteiger partial charge in [-0.1, -0.05) is 21.9 Å². The smallest absolute Gasteiger partial charge is 0.211 e. The van der Waals surface area contributed by atoms with Gasteiger partial charge in [0.15, 0.2) is 0 Å². The van der Waals surface area contributed by atoms with Crippen molar-refractivity contribution in [3.05, 3.63) is 46.1 Å². The van der Waals surface area contributed by atoms with Crippen molar-refractivity contribution in [2.75, 3.05) is 6.61 Å². The molecule has 0 aliphatic heterocycles. The van der Waals surface area contributed by atoms with Gasteiger partial charge in [0, 0.05) is 16.6 Å². The van der Waals surface area contributed by atoms with Crippen molar-refractivity contribution in [2.24, 2.45) is 0 Å². The van der Waals surface area contributed by atoms with Crippen molar-refractivity contribution >= 4 is 15.9 Å². The van der Waals surface area contributed by atoms with Gasteiger partial charge >= 0.3 is 0 Å². The van der Waals surface area contributed by atoms with E-state index < -0.39 is 0 Å². The molecule has 0 fully saturated rings. The first-order chi connectivity index (χ1) is 10.1. The van der Waals surface area contributed by atoms with E-state index in [-0.39, 0.29) is 12.6 Å². The highest BCUT2D eigenvalue weighted by atomic mass is 79.9. The summed E-state index contributed by atoms with van der Waals surface area (Å²) in [6.07, 6.45) is 6.95. The van der Waals surface area contributed by atoms with Gasteiger partial charge in [-0.05, 0) is 32.0 Å². The molecule has 0 spiro atoms. The Kier molecular flexibility index (Phi) is 5.43. The van der Waals surface area contributed by atoms with Gasteiger partial charge < -0.3 is 14.5 Å². The third-order valence-electron chi connectivity index (χ3n) is 2.94. The summed E-state index contributed by atoms with van der Waals surface area (Å²) in [6.45, 7) is 4.76. The Hall–Kier alpha value is -1.77. The summed E-state index contributed by atoms with van der Waals surface area (Å²) in [5, 5.41) is 3.36. The van der Waals surface area contributed by atoms with E-state index in [0.717, 1.165) is 21.5 Å². The molecule has 0 saturated heterocycles. The lowest BCUT2D eigenvalue weighted by atomic mass is 10.2. The van der Waals surface area contributed by atoms with Crippen LogP contribution < -0.4 is 10.1 Å². The number of halogens is 1. The van der Waals surface area contributed by atoms with E-state index in [0.29, 0.717) is 12.4 Å². The average molecular weight is 349 g/mol. The Bertz CT molecular complexity index is 646. The Labute approximate surface area is 133 Å². The predicted octanol–water partition coefficient (Wildman–Crippen LogP) is 3.61. The van der Waals surface area contributed by atoms with Crippen molar-refractivity contribution < 1.29 is 9.15 Å². The highest BCUT2D eigenvalue weighted by molar-refractivity contribution is 9.10. The van der Waals surface area contributed by atoms with E-state index in [2.05, 4.69) is 32.2 Å². The average Bonchev–Trinajstić information content (AvgIpc) is 2.90. The number of nitrogens with zero attached hydrogens (tertiary/aromatic N) is 1. The molecule has 0 radical (unpaired) electrons. The van der Waals surface area contributed by atoms with Gasteiger partial charge in [-0.3, -0.25) is 0 Å². The third kappa shape index (κ3) is 4.35. The number of rotatable bonds is 6. The van der Waals surface area contributed by atoms with Crippen molar-refractivity contribution in [1.29, 1.82) is 0 Å². The van der Waals surface area contributed by atoms with Crippen LogP contribution in [0.4, 0.5) is 0 Å². The van der Waals surface area contributed by atoms with Crippen LogP contribution in [0, 0.1) is 19.3 Å². The van der Waals surface area contributed by atoms with E-state index in [1.165, 1.54) is 0 Å². The second kappa shape index (κ2) is 7.30. The molecule has 1 N–H and O–H groups in total. The van der Waals surface area contributed by atoms with E-state index in [1.807, 2.05) is 32.0 Å². The normalized spacial score (nSPS) is 11.9. The molecule has 110 valence electrons. The molecule has 0 amide bonds. The minimum Gasteiger partial charge on any atom is -0.481 e. The number of aromatic nitrogens is 1. The number of hydrogen-bond acceptors (Lipinski definition) is 4. The number of oxazole rings is 1. The van der Waals surface area contributed by atoms with Crippen molar-refractivity contribution in [3.8, 4) is 18.1 Å². The lowest BCUT2D eigenvalue weighted by Gasteiger charge is -2.14. The first-order valence-corrected chi connectivity index (χ1v) is 7.40. The van der Waals surface area contributed by atoms with Gasteiger partial charge in [0.1, 0.15) is 18.1 Å². The summed E-state index contributed by atoms with van der Waals surface area (Å²) in [4.78, 5) is 4.22. The standard InChI is InChI=1S/C16H17BrN2O2/c1-4-7-20-15-6-5-14(17)8-13(15)10-18-12(3)16-19-9-11(2)21-16/h1,5-6,8-9,12,18H,7,10H2,2-3H3. The van der Waals surface area contributed by atoms with E-state index >= 15 is 0 Å². The fraction of sp³-hybridized carbons (Fsp3) is 0.312. The molecule has 1 heterocycles. The van der Waals surface area contributed by atoms with Crippen molar-refractivity contribution in [1.82, 2.24) is 10.3 Å². The molecule has 1 aromatic heterocycles. The zero-order valence-corrected chi connectivity index (χ0v) is 13.6. The van der Waals surface area contributed by atoms with E-state index in [9.17, 15) is 0 Å². The lowest BCUT2D eigenvalue weighted by molar-refractivity contribution is 0.360. The second-order valence-electron chi connectivity index (χ2n) is 4.66.